The lowest BCUT2D eigenvalue weighted by atomic mass is 9.85. The van der Waals surface area contributed by atoms with Gasteiger partial charge in [-0.25, -0.2) is 4.57 Å². The van der Waals surface area contributed by atoms with Gasteiger partial charge < -0.3 is 39.9 Å². The number of hydrogen-bond donors (Lipinski definition) is 6. The number of carbonyl (C=O) groups excluding carboxylic acids is 1. The van der Waals surface area contributed by atoms with E-state index in [-0.39, 0.29) is 13.0 Å². The van der Waals surface area contributed by atoms with Crippen molar-refractivity contribution in [2.45, 2.75) is 288 Å². The Labute approximate surface area is 390 Å². The first kappa shape index (κ1) is 61.1. The molecule has 380 valence electrons. The van der Waals surface area contributed by atoms with Crippen LogP contribution >= 0.6 is 7.82 Å². The molecule has 0 heterocycles. The summed E-state index contributed by atoms with van der Waals surface area (Å²) in [5.74, 6) is -0.472. The molecule has 0 aromatic carbocycles. The standard InChI is InChI=1S/C51H99O12P/c1-3-5-7-9-11-13-15-17-19-21-23-25-27-29-31-33-35-37-39-41-60-42-44(43-61-64(58,59)63-51-49(56)47(54)46(53)48(55)50(51)57)62-45(52)40-38-36-34-32-30-28-26-24-22-20-18-16-14-12-10-8-6-4-2/h19,21,44,46-51,53-57H,3-18,20,22-43H2,1-2H3,(H,58,59)/b21-19-. The molecule has 1 fully saturated rings. The Balaban J connectivity index is 2.32. The van der Waals surface area contributed by atoms with E-state index in [0.29, 0.717) is 13.0 Å². The molecule has 0 aromatic heterocycles. The molecular weight excluding hydrogens is 836 g/mol. The van der Waals surface area contributed by atoms with Crippen LogP contribution in [0, 0.1) is 0 Å². The first-order valence-electron chi connectivity index (χ1n) is 26.5. The third-order valence-corrected chi connectivity index (χ3v) is 13.6. The van der Waals surface area contributed by atoms with E-state index in [0.717, 1.165) is 38.5 Å². The van der Waals surface area contributed by atoms with Crippen LogP contribution in [0.25, 0.3) is 0 Å². The molecule has 64 heavy (non-hydrogen) atoms. The Hall–Kier alpha value is -0.920. The molecule has 0 spiro atoms. The third kappa shape index (κ3) is 33.5. The predicted octanol–water partition coefficient (Wildman–Crippen LogP) is 11.9. The van der Waals surface area contributed by atoms with Crippen molar-refractivity contribution in [3.8, 4) is 0 Å². The van der Waals surface area contributed by atoms with Gasteiger partial charge in [-0.1, -0.05) is 212 Å². The average molecular weight is 935 g/mol. The summed E-state index contributed by atoms with van der Waals surface area (Å²) in [6.07, 6.45) is 35.6. The molecule has 0 aromatic rings. The largest absolute Gasteiger partial charge is 0.472 e. The molecule has 0 aliphatic heterocycles. The van der Waals surface area contributed by atoms with Crippen LogP contribution in [0.3, 0.4) is 0 Å². The number of phosphoric ester groups is 1. The van der Waals surface area contributed by atoms with Crippen molar-refractivity contribution in [1.29, 1.82) is 0 Å². The minimum atomic E-state index is -5.02. The zero-order valence-electron chi connectivity index (χ0n) is 40.9. The van der Waals surface area contributed by atoms with Gasteiger partial charge in [0, 0.05) is 13.0 Å². The number of phosphoric acid groups is 1. The molecule has 12 nitrogen and oxygen atoms in total. The van der Waals surface area contributed by atoms with E-state index >= 15 is 0 Å². The van der Waals surface area contributed by atoms with E-state index in [1.165, 1.54) is 180 Å². The van der Waals surface area contributed by atoms with Crippen LogP contribution in [-0.2, 0) is 27.9 Å². The van der Waals surface area contributed by atoms with E-state index in [2.05, 4.69) is 26.0 Å². The van der Waals surface area contributed by atoms with E-state index < -0.39 is 63.1 Å². The van der Waals surface area contributed by atoms with Gasteiger partial charge in [-0.2, -0.15) is 0 Å². The second-order valence-electron chi connectivity index (χ2n) is 18.7. The number of esters is 1. The summed E-state index contributed by atoms with van der Waals surface area (Å²) < 4.78 is 34.3. The average Bonchev–Trinajstić information content (AvgIpc) is 3.28. The Morgan fingerprint density at radius 3 is 1.23 bits per heavy atom. The first-order chi connectivity index (χ1) is 31.0. The molecule has 13 heteroatoms. The molecule has 6 unspecified atom stereocenters. The van der Waals surface area contributed by atoms with Crippen LogP contribution in [0.2, 0.25) is 0 Å². The second kappa shape index (κ2) is 42.2. The minimum Gasteiger partial charge on any atom is -0.457 e. The lowest BCUT2D eigenvalue weighted by Crippen LogP contribution is -2.64. The third-order valence-electron chi connectivity index (χ3n) is 12.6. The summed E-state index contributed by atoms with van der Waals surface area (Å²) in [6, 6.07) is 0. The number of hydrogen-bond acceptors (Lipinski definition) is 11. The number of aliphatic hydroxyl groups excluding tert-OH is 5. The maximum atomic E-state index is 12.9. The summed E-state index contributed by atoms with van der Waals surface area (Å²) >= 11 is 0. The summed E-state index contributed by atoms with van der Waals surface area (Å²) in [7, 11) is -5.02. The monoisotopic (exact) mass is 935 g/mol. The summed E-state index contributed by atoms with van der Waals surface area (Å²) in [6.45, 7) is 4.30. The highest BCUT2D eigenvalue weighted by atomic mass is 31.2. The topological polar surface area (TPSA) is 192 Å². The number of unbranched alkanes of at least 4 members (excludes halogenated alkanes) is 32. The number of carbonyl (C=O) groups is 1. The van der Waals surface area contributed by atoms with Crippen LogP contribution in [0.5, 0.6) is 0 Å². The van der Waals surface area contributed by atoms with Crippen molar-refractivity contribution in [1.82, 2.24) is 0 Å². The normalized spacial score (nSPS) is 21.7. The zero-order valence-corrected chi connectivity index (χ0v) is 41.7. The van der Waals surface area contributed by atoms with Gasteiger partial charge in [0.25, 0.3) is 0 Å². The Morgan fingerprint density at radius 1 is 0.484 bits per heavy atom. The predicted molar refractivity (Wildman–Crippen MR) is 258 cm³/mol. The highest BCUT2D eigenvalue weighted by Gasteiger charge is 2.51. The van der Waals surface area contributed by atoms with E-state index in [9.17, 15) is 39.8 Å². The molecule has 0 amide bonds. The van der Waals surface area contributed by atoms with Crippen molar-refractivity contribution in [3.05, 3.63) is 12.2 Å². The fourth-order valence-electron chi connectivity index (χ4n) is 8.41. The second-order valence-corrected chi connectivity index (χ2v) is 20.1. The number of allylic oxidation sites excluding steroid dienone is 2. The van der Waals surface area contributed by atoms with Gasteiger partial charge in [0.05, 0.1) is 13.2 Å². The Morgan fingerprint density at radius 2 is 0.828 bits per heavy atom. The molecule has 1 rings (SSSR count). The maximum absolute atomic E-state index is 12.9. The lowest BCUT2D eigenvalue weighted by Gasteiger charge is -2.41. The minimum absolute atomic E-state index is 0.0728. The van der Waals surface area contributed by atoms with Crippen molar-refractivity contribution in [2.24, 2.45) is 0 Å². The van der Waals surface area contributed by atoms with Crippen LogP contribution in [0.15, 0.2) is 12.2 Å². The molecule has 0 saturated heterocycles. The summed E-state index contributed by atoms with van der Waals surface area (Å²) in [5, 5.41) is 50.3. The molecule has 6 N–H and O–H groups in total. The highest BCUT2D eigenvalue weighted by molar-refractivity contribution is 7.47. The molecule has 0 radical (unpaired) electrons. The Bertz CT molecular complexity index is 1110. The van der Waals surface area contributed by atoms with Crippen molar-refractivity contribution < 1.29 is 58.3 Å². The van der Waals surface area contributed by atoms with Gasteiger partial charge in [-0.3, -0.25) is 13.8 Å². The molecule has 0 bridgehead atoms. The van der Waals surface area contributed by atoms with Crippen LogP contribution < -0.4 is 0 Å². The molecule has 1 aliphatic rings. The number of ether oxygens (including phenoxy) is 2. The smallest absolute Gasteiger partial charge is 0.457 e. The van der Waals surface area contributed by atoms with Gasteiger partial charge in [0.1, 0.15) is 42.7 Å². The SMILES string of the molecule is CCCCCCCCC/C=C\CCCCCCCCCCOCC(COP(=O)(O)OC1C(O)C(O)C(O)C(O)C1O)OC(=O)CCCCCCCCCCCCCCCCCCCC. The Kier molecular flexibility index (Phi) is 40.3. The van der Waals surface area contributed by atoms with Crippen molar-refractivity contribution >= 4 is 13.8 Å². The lowest BCUT2D eigenvalue weighted by molar-refractivity contribution is -0.220. The van der Waals surface area contributed by atoms with Crippen molar-refractivity contribution in [2.75, 3.05) is 19.8 Å². The van der Waals surface area contributed by atoms with Gasteiger partial charge in [-0.05, 0) is 38.5 Å². The van der Waals surface area contributed by atoms with E-state index in [1.54, 1.807) is 0 Å². The van der Waals surface area contributed by atoms with Crippen molar-refractivity contribution in [3.63, 3.8) is 0 Å². The van der Waals surface area contributed by atoms with Crippen LogP contribution in [0.1, 0.15) is 245 Å². The summed E-state index contributed by atoms with van der Waals surface area (Å²) in [4.78, 5) is 23.2. The molecule has 1 saturated carbocycles. The summed E-state index contributed by atoms with van der Waals surface area (Å²) in [5.41, 5.74) is 0. The van der Waals surface area contributed by atoms with Gasteiger partial charge in [0.2, 0.25) is 0 Å². The zero-order chi connectivity index (χ0) is 46.9. The van der Waals surface area contributed by atoms with Gasteiger partial charge in [-0.15, -0.1) is 0 Å². The van der Waals surface area contributed by atoms with E-state index in [1.807, 2.05) is 0 Å². The van der Waals surface area contributed by atoms with Crippen LogP contribution in [-0.4, -0.2) is 98.9 Å². The fourth-order valence-corrected chi connectivity index (χ4v) is 9.38. The van der Waals surface area contributed by atoms with Gasteiger partial charge >= 0.3 is 13.8 Å². The number of rotatable bonds is 46. The molecular formula is C51H99O12P. The quantitative estimate of drug-likeness (QED) is 0.0147. The van der Waals surface area contributed by atoms with E-state index in [4.69, 9.17) is 18.5 Å². The van der Waals surface area contributed by atoms with Crippen LogP contribution in [0.4, 0.5) is 0 Å². The molecule has 1 aliphatic carbocycles. The highest BCUT2D eigenvalue weighted by Crippen LogP contribution is 2.47. The first-order valence-corrected chi connectivity index (χ1v) is 28.0. The van der Waals surface area contributed by atoms with Gasteiger partial charge in [0.15, 0.2) is 0 Å². The molecule has 6 atom stereocenters. The fraction of sp³-hybridized carbons (Fsp3) is 0.941. The maximum Gasteiger partial charge on any atom is 0.472 e. The number of aliphatic hydroxyl groups is 5.